The largest absolute Gasteiger partial charge is 0.497 e. The monoisotopic (exact) mass is 315 g/mol. The predicted molar refractivity (Wildman–Crippen MR) is 93.2 cm³/mol. The molecule has 0 saturated heterocycles. The molecule has 1 aromatic carbocycles. The maximum absolute atomic E-state index is 5.17. The molecule has 0 atom stereocenters. The van der Waals surface area contributed by atoms with E-state index in [2.05, 4.69) is 41.5 Å². The topological polar surface area (TPSA) is 63.5 Å². The Hall–Kier alpha value is -2.50. The van der Waals surface area contributed by atoms with Crippen molar-refractivity contribution in [3.63, 3.8) is 0 Å². The lowest BCUT2D eigenvalue weighted by atomic mass is 10.3. The molecule has 0 spiro atoms. The Morgan fingerprint density at radius 3 is 2.61 bits per heavy atom. The molecule has 6 nitrogen and oxygen atoms in total. The van der Waals surface area contributed by atoms with E-state index >= 15 is 0 Å². The Kier molecular flexibility index (Phi) is 6.02. The number of rotatable bonds is 6. The maximum Gasteiger partial charge on any atom is 0.191 e. The van der Waals surface area contributed by atoms with E-state index in [1.807, 2.05) is 41.2 Å². The van der Waals surface area contributed by atoms with Crippen LogP contribution < -0.4 is 15.4 Å². The summed E-state index contributed by atoms with van der Waals surface area (Å²) in [7, 11) is 1.66. The van der Waals surface area contributed by atoms with Gasteiger partial charge >= 0.3 is 0 Å². The van der Waals surface area contributed by atoms with Crippen LogP contribution in [0.1, 0.15) is 26.5 Å². The van der Waals surface area contributed by atoms with Gasteiger partial charge in [-0.25, -0.2) is 9.67 Å². The van der Waals surface area contributed by atoms with Gasteiger partial charge in [-0.15, -0.1) is 0 Å². The maximum atomic E-state index is 5.17. The fraction of sp³-hybridized carbons (Fsp3) is 0.412. The zero-order valence-electron chi connectivity index (χ0n) is 14.2. The molecular formula is C17H25N5O. The lowest BCUT2D eigenvalue weighted by Gasteiger charge is -2.13. The van der Waals surface area contributed by atoms with E-state index in [0.29, 0.717) is 12.6 Å². The molecular weight excluding hydrogens is 290 g/mol. The van der Waals surface area contributed by atoms with Crippen LogP contribution in [0.2, 0.25) is 0 Å². The van der Waals surface area contributed by atoms with Crippen LogP contribution in [-0.4, -0.2) is 35.4 Å². The van der Waals surface area contributed by atoms with E-state index in [1.54, 1.807) is 7.11 Å². The highest BCUT2D eigenvalue weighted by Crippen LogP contribution is 2.14. The molecule has 0 fully saturated rings. The number of nitrogens with one attached hydrogen (secondary N) is 2. The standard InChI is InChI=1S/C17H25N5O/c1-5-18-17(20-13(2)3)19-12-14-10-11-22(21-14)15-6-8-16(23-4)9-7-15/h6-11,13H,5,12H2,1-4H3,(H2,18,19,20). The number of hydrogen-bond acceptors (Lipinski definition) is 3. The van der Waals surface area contributed by atoms with Crippen LogP contribution >= 0.6 is 0 Å². The lowest BCUT2D eigenvalue weighted by Crippen LogP contribution is -2.41. The van der Waals surface area contributed by atoms with Crippen LogP contribution in [0.15, 0.2) is 41.5 Å². The van der Waals surface area contributed by atoms with Crippen LogP contribution in [-0.2, 0) is 6.54 Å². The van der Waals surface area contributed by atoms with Crippen molar-refractivity contribution >= 4 is 5.96 Å². The van der Waals surface area contributed by atoms with Crippen molar-refractivity contribution in [1.29, 1.82) is 0 Å². The van der Waals surface area contributed by atoms with Crippen molar-refractivity contribution in [3.8, 4) is 11.4 Å². The number of ether oxygens (including phenoxy) is 1. The SMILES string of the molecule is CCNC(=NCc1ccn(-c2ccc(OC)cc2)n1)NC(C)C. The van der Waals surface area contributed by atoms with E-state index < -0.39 is 0 Å². The van der Waals surface area contributed by atoms with Crippen LogP contribution in [0.25, 0.3) is 5.69 Å². The molecule has 0 aliphatic heterocycles. The third-order valence-electron chi connectivity index (χ3n) is 3.15. The molecule has 6 heteroatoms. The van der Waals surface area contributed by atoms with Crippen molar-refractivity contribution in [2.75, 3.05) is 13.7 Å². The number of benzene rings is 1. The zero-order chi connectivity index (χ0) is 16.7. The molecule has 0 unspecified atom stereocenters. The van der Waals surface area contributed by atoms with Gasteiger partial charge in [0.1, 0.15) is 5.75 Å². The molecule has 1 heterocycles. The highest BCUT2D eigenvalue weighted by Gasteiger charge is 2.03. The summed E-state index contributed by atoms with van der Waals surface area (Å²) < 4.78 is 7.01. The Balaban J connectivity index is 2.05. The molecule has 2 rings (SSSR count). The first kappa shape index (κ1) is 16.9. The van der Waals surface area contributed by atoms with Crippen LogP contribution in [0.5, 0.6) is 5.75 Å². The summed E-state index contributed by atoms with van der Waals surface area (Å²) in [4.78, 5) is 4.56. The van der Waals surface area contributed by atoms with E-state index in [4.69, 9.17) is 4.74 Å². The Morgan fingerprint density at radius 1 is 1.26 bits per heavy atom. The Morgan fingerprint density at radius 2 is 2.00 bits per heavy atom. The van der Waals surface area contributed by atoms with Gasteiger partial charge in [0.15, 0.2) is 5.96 Å². The molecule has 0 saturated carbocycles. The van der Waals surface area contributed by atoms with Crippen molar-refractivity contribution in [3.05, 3.63) is 42.2 Å². The highest BCUT2D eigenvalue weighted by molar-refractivity contribution is 5.79. The van der Waals surface area contributed by atoms with Crippen LogP contribution in [0.3, 0.4) is 0 Å². The van der Waals surface area contributed by atoms with Crippen LogP contribution in [0, 0.1) is 0 Å². The summed E-state index contributed by atoms with van der Waals surface area (Å²) in [6.45, 7) is 7.59. The van der Waals surface area contributed by atoms with Gasteiger partial charge < -0.3 is 15.4 Å². The van der Waals surface area contributed by atoms with Crippen molar-refractivity contribution in [2.45, 2.75) is 33.4 Å². The summed E-state index contributed by atoms with van der Waals surface area (Å²) in [6.07, 6.45) is 1.94. The van der Waals surface area contributed by atoms with E-state index in [9.17, 15) is 0 Å². The van der Waals surface area contributed by atoms with Gasteiger partial charge in [0.25, 0.3) is 0 Å². The average Bonchev–Trinajstić information content (AvgIpc) is 3.01. The minimum Gasteiger partial charge on any atom is -0.497 e. The highest BCUT2D eigenvalue weighted by atomic mass is 16.5. The predicted octanol–water partition coefficient (Wildman–Crippen LogP) is 2.34. The summed E-state index contributed by atoms with van der Waals surface area (Å²) in [6, 6.07) is 10.1. The average molecular weight is 315 g/mol. The number of guanidine groups is 1. The third-order valence-corrected chi connectivity index (χ3v) is 3.15. The second-order valence-electron chi connectivity index (χ2n) is 5.44. The molecule has 2 aromatic rings. The molecule has 2 N–H and O–H groups in total. The summed E-state index contributed by atoms with van der Waals surface area (Å²) in [5.41, 5.74) is 1.91. The Labute approximate surface area is 137 Å². The van der Waals surface area contributed by atoms with Gasteiger partial charge in [-0.2, -0.15) is 5.10 Å². The molecule has 0 bridgehead atoms. The molecule has 1 aromatic heterocycles. The third kappa shape index (κ3) is 5.02. The number of aromatic nitrogens is 2. The van der Waals surface area contributed by atoms with E-state index in [0.717, 1.165) is 29.6 Å². The van der Waals surface area contributed by atoms with Crippen molar-refractivity contribution in [1.82, 2.24) is 20.4 Å². The summed E-state index contributed by atoms with van der Waals surface area (Å²) >= 11 is 0. The van der Waals surface area contributed by atoms with Crippen molar-refractivity contribution < 1.29 is 4.74 Å². The van der Waals surface area contributed by atoms with Gasteiger partial charge in [-0.05, 0) is 51.1 Å². The zero-order valence-corrected chi connectivity index (χ0v) is 14.2. The van der Waals surface area contributed by atoms with Gasteiger partial charge in [-0.3, -0.25) is 0 Å². The number of aliphatic imine (C=N–C) groups is 1. The quantitative estimate of drug-likeness (QED) is 0.634. The van der Waals surface area contributed by atoms with Gasteiger partial charge in [-0.1, -0.05) is 0 Å². The molecule has 124 valence electrons. The van der Waals surface area contributed by atoms with E-state index in [1.165, 1.54) is 0 Å². The summed E-state index contributed by atoms with van der Waals surface area (Å²) in [5, 5.41) is 11.1. The smallest absolute Gasteiger partial charge is 0.191 e. The van der Waals surface area contributed by atoms with Crippen molar-refractivity contribution in [2.24, 2.45) is 4.99 Å². The molecule has 0 aliphatic rings. The first-order valence-corrected chi connectivity index (χ1v) is 7.86. The first-order valence-electron chi connectivity index (χ1n) is 7.86. The minimum absolute atomic E-state index is 0.338. The first-order chi connectivity index (χ1) is 11.1. The van der Waals surface area contributed by atoms with Gasteiger partial charge in [0.2, 0.25) is 0 Å². The second-order valence-corrected chi connectivity index (χ2v) is 5.44. The Bertz CT molecular complexity index is 631. The fourth-order valence-corrected chi connectivity index (χ4v) is 2.08. The molecule has 23 heavy (non-hydrogen) atoms. The molecule has 0 amide bonds. The van der Waals surface area contributed by atoms with E-state index in [-0.39, 0.29) is 0 Å². The molecule has 0 aliphatic carbocycles. The number of nitrogens with zero attached hydrogens (tertiary/aromatic N) is 3. The van der Waals surface area contributed by atoms with Crippen LogP contribution in [0.4, 0.5) is 0 Å². The molecule has 0 radical (unpaired) electrons. The van der Waals surface area contributed by atoms with Gasteiger partial charge in [0.05, 0.1) is 25.0 Å². The summed E-state index contributed by atoms with van der Waals surface area (Å²) in [5.74, 6) is 1.64. The number of hydrogen-bond donors (Lipinski definition) is 2. The normalized spacial score (nSPS) is 11.6. The number of methoxy groups -OCH3 is 1. The van der Waals surface area contributed by atoms with Gasteiger partial charge in [0, 0.05) is 18.8 Å². The minimum atomic E-state index is 0.338. The lowest BCUT2D eigenvalue weighted by molar-refractivity contribution is 0.414. The second kappa shape index (κ2) is 8.22. The fourth-order valence-electron chi connectivity index (χ4n) is 2.08.